The van der Waals surface area contributed by atoms with Gasteiger partial charge in [-0.1, -0.05) is 6.07 Å². The van der Waals surface area contributed by atoms with E-state index in [-0.39, 0.29) is 35.6 Å². The van der Waals surface area contributed by atoms with Crippen LogP contribution < -0.4 is 0 Å². The van der Waals surface area contributed by atoms with Gasteiger partial charge in [-0.15, -0.1) is 22.7 Å². The van der Waals surface area contributed by atoms with Gasteiger partial charge in [0.2, 0.25) is 0 Å². The molecule has 0 aromatic carbocycles. The summed E-state index contributed by atoms with van der Waals surface area (Å²) in [5.74, 6) is -1.59. The number of Topliss-reactive ketones (excluding diaryl/α,β-unsaturated/α-hetero) is 1. The largest absolute Gasteiger partial charge is 0.462 e. The number of ketones is 1. The summed E-state index contributed by atoms with van der Waals surface area (Å²) in [6.07, 6.45) is 1.34. The minimum atomic E-state index is -0.602. The van der Waals surface area contributed by atoms with Gasteiger partial charge in [0.25, 0.3) is 0 Å². The van der Waals surface area contributed by atoms with Crippen LogP contribution in [0.25, 0.3) is 6.08 Å². The highest BCUT2D eigenvalue weighted by Crippen LogP contribution is 2.31. The molecule has 0 aliphatic rings. The Bertz CT molecular complexity index is 948. The van der Waals surface area contributed by atoms with E-state index in [1.165, 1.54) is 17.4 Å². The molecule has 146 valence electrons. The number of hydrogen-bond donors (Lipinski definition) is 0. The van der Waals surface area contributed by atoms with E-state index in [1.54, 1.807) is 26.8 Å². The van der Waals surface area contributed by atoms with Crippen molar-refractivity contribution in [1.29, 1.82) is 5.26 Å². The maximum atomic E-state index is 12.7. The molecule has 0 radical (unpaired) electrons. The van der Waals surface area contributed by atoms with Gasteiger partial charge in [0.15, 0.2) is 5.78 Å². The average molecular weight is 418 g/mol. The second kappa shape index (κ2) is 9.97. The van der Waals surface area contributed by atoms with Crippen molar-refractivity contribution in [3.05, 3.63) is 48.8 Å². The van der Waals surface area contributed by atoms with Gasteiger partial charge < -0.3 is 9.47 Å². The second-order valence-corrected chi connectivity index (χ2v) is 7.66. The summed E-state index contributed by atoms with van der Waals surface area (Å²) in [6.45, 7) is 5.34. The molecule has 0 saturated heterocycles. The molecule has 0 amide bonds. The van der Waals surface area contributed by atoms with Gasteiger partial charge >= 0.3 is 11.9 Å². The van der Waals surface area contributed by atoms with Crippen LogP contribution in [0.3, 0.4) is 0 Å². The third kappa shape index (κ3) is 4.94. The van der Waals surface area contributed by atoms with E-state index in [0.29, 0.717) is 10.4 Å². The van der Waals surface area contributed by atoms with Crippen LogP contribution in [0.5, 0.6) is 0 Å². The van der Waals surface area contributed by atoms with E-state index in [9.17, 15) is 19.6 Å². The predicted octanol–water partition coefficient (Wildman–Crippen LogP) is 4.19. The fraction of sp³-hybridized carbons (Fsp3) is 0.300. The number of nitrogens with zero attached hydrogens (tertiary/aromatic N) is 1. The average Bonchev–Trinajstić information content (AvgIpc) is 3.27. The van der Waals surface area contributed by atoms with E-state index >= 15 is 0 Å². The molecule has 0 saturated carbocycles. The molecule has 0 atom stereocenters. The first-order chi connectivity index (χ1) is 13.4. The zero-order chi connectivity index (χ0) is 20.7. The standard InChI is InChI=1S/C20H19NO5S2/c1-4-25-19(23)17-12(3)18(20(24)26-5-2)28-16(17)10-15(22)13(11-21)9-14-7-6-8-27-14/h6-9H,4-5,10H2,1-3H3/b13-9+. The van der Waals surface area contributed by atoms with Crippen LogP contribution in [0.15, 0.2) is 23.1 Å². The molecular formula is C20H19NO5S2. The molecule has 2 aromatic heterocycles. The normalized spacial score (nSPS) is 11.0. The molecule has 8 heteroatoms. The van der Waals surface area contributed by atoms with Gasteiger partial charge in [0, 0.05) is 16.2 Å². The van der Waals surface area contributed by atoms with Crippen LogP contribution in [-0.2, 0) is 20.7 Å². The minimum absolute atomic E-state index is 0.0130. The van der Waals surface area contributed by atoms with Crippen molar-refractivity contribution >= 4 is 46.5 Å². The minimum Gasteiger partial charge on any atom is -0.462 e. The van der Waals surface area contributed by atoms with Gasteiger partial charge in [0.05, 0.1) is 24.4 Å². The Morgan fingerprint density at radius 2 is 1.86 bits per heavy atom. The van der Waals surface area contributed by atoms with E-state index in [2.05, 4.69) is 0 Å². The topological polar surface area (TPSA) is 93.5 Å². The first-order valence-electron chi connectivity index (χ1n) is 8.57. The third-order valence-corrected chi connectivity index (χ3v) is 5.82. The molecule has 28 heavy (non-hydrogen) atoms. The van der Waals surface area contributed by atoms with Crippen LogP contribution in [0, 0.1) is 18.3 Å². The fourth-order valence-electron chi connectivity index (χ4n) is 2.49. The molecular weight excluding hydrogens is 398 g/mol. The summed E-state index contributed by atoms with van der Waals surface area (Å²) < 4.78 is 10.1. The number of carbonyl (C=O) groups excluding carboxylic acids is 3. The number of ether oxygens (including phenoxy) is 2. The Morgan fingerprint density at radius 3 is 2.43 bits per heavy atom. The molecule has 0 fully saturated rings. The summed E-state index contributed by atoms with van der Waals surface area (Å²) in [4.78, 5) is 38.7. The van der Waals surface area contributed by atoms with Crippen LogP contribution in [0.1, 0.15) is 49.2 Å². The van der Waals surface area contributed by atoms with E-state index in [0.717, 1.165) is 16.2 Å². The molecule has 0 unspecified atom stereocenters. The van der Waals surface area contributed by atoms with Crippen LogP contribution >= 0.6 is 22.7 Å². The molecule has 0 aliphatic carbocycles. The van der Waals surface area contributed by atoms with E-state index in [4.69, 9.17) is 9.47 Å². The number of allylic oxidation sites excluding steroid dienone is 1. The number of thiophene rings is 2. The molecule has 2 rings (SSSR count). The Kier molecular flexibility index (Phi) is 7.67. The fourth-order valence-corrected chi connectivity index (χ4v) is 4.33. The molecule has 0 spiro atoms. The van der Waals surface area contributed by atoms with Crippen molar-refractivity contribution < 1.29 is 23.9 Å². The summed E-state index contributed by atoms with van der Waals surface area (Å²) in [5.41, 5.74) is 0.600. The van der Waals surface area contributed by atoms with Gasteiger partial charge in [0.1, 0.15) is 10.9 Å². The van der Waals surface area contributed by atoms with Crippen molar-refractivity contribution in [2.24, 2.45) is 0 Å². The molecule has 2 heterocycles. The molecule has 0 aliphatic heterocycles. The molecule has 0 bridgehead atoms. The summed E-state index contributed by atoms with van der Waals surface area (Å²) in [6, 6.07) is 5.54. The van der Waals surface area contributed by atoms with Crippen molar-refractivity contribution in [3.63, 3.8) is 0 Å². The summed E-state index contributed by atoms with van der Waals surface area (Å²) >= 11 is 2.43. The number of carbonyl (C=O) groups is 3. The van der Waals surface area contributed by atoms with E-state index in [1.807, 2.05) is 17.5 Å². The highest BCUT2D eigenvalue weighted by molar-refractivity contribution is 7.14. The van der Waals surface area contributed by atoms with Gasteiger partial charge in [-0.3, -0.25) is 4.79 Å². The van der Waals surface area contributed by atoms with Crippen LogP contribution in [0.4, 0.5) is 0 Å². The van der Waals surface area contributed by atoms with Crippen molar-refractivity contribution in [2.75, 3.05) is 13.2 Å². The second-order valence-electron chi connectivity index (χ2n) is 5.58. The molecule has 0 N–H and O–H groups in total. The van der Waals surface area contributed by atoms with Crippen LogP contribution in [-0.4, -0.2) is 30.9 Å². The predicted molar refractivity (Wildman–Crippen MR) is 108 cm³/mol. The van der Waals surface area contributed by atoms with Gasteiger partial charge in [-0.25, -0.2) is 9.59 Å². The van der Waals surface area contributed by atoms with Gasteiger partial charge in [-0.05, 0) is 43.9 Å². The molecule has 2 aromatic rings. The lowest BCUT2D eigenvalue weighted by atomic mass is 10.0. The lowest BCUT2D eigenvalue weighted by molar-refractivity contribution is -0.114. The third-order valence-electron chi connectivity index (χ3n) is 3.73. The number of nitriles is 1. The van der Waals surface area contributed by atoms with Crippen molar-refractivity contribution in [2.45, 2.75) is 27.2 Å². The zero-order valence-electron chi connectivity index (χ0n) is 15.7. The van der Waals surface area contributed by atoms with Crippen LogP contribution in [0.2, 0.25) is 0 Å². The van der Waals surface area contributed by atoms with Crippen molar-refractivity contribution in [1.82, 2.24) is 0 Å². The summed E-state index contributed by atoms with van der Waals surface area (Å²) in [5, 5.41) is 11.2. The number of hydrogen-bond acceptors (Lipinski definition) is 8. The monoisotopic (exact) mass is 417 g/mol. The summed E-state index contributed by atoms with van der Waals surface area (Å²) in [7, 11) is 0. The van der Waals surface area contributed by atoms with Crippen molar-refractivity contribution in [3.8, 4) is 6.07 Å². The highest BCUT2D eigenvalue weighted by Gasteiger charge is 2.27. The lowest BCUT2D eigenvalue weighted by Crippen LogP contribution is -2.12. The quantitative estimate of drug-likeness (QED) is 0.363. The number of esters is 2. The first kappa shape index (κ1) is 21.5. The maximum absolute atomic E-state index is 12.7. The smallest absolute Gasteiger partial charge is 0.348 e. The Hall–Kier alpha value is -2.76. The Morgan fingerprint density at radius 1 is 1.18 bits per heavy atom. The zero-order valence-corrected chi connectivity index (χ0v) is 17.4. The van der Waals surface area contributed by atoms with Gasteiger partial charge in [-0.2, -0.15) is 5.26 Å². The number of rotatable bonds is 8. The highest BCUT2D eigenvalue weighted by atomic mass is 32.1. The Balaban J connectivity index is 2.41. The lowest BCUT2D eigenvalue weighted by Gasteiger charge is -2.05. The van der Waals surface area contributed by atoms with E-state index < -0.39 is 17.7 Å². The Labute approximate surface area is 171 Å². The molecule has 6 nitrogen and oxygen atoms in total. The maximum Gasteiger partial charge on any atom is 0.348 e. The first-order valence-corrected chi connectivity index (χ1v) is 10.3. The SMILES string of the molecule is CCOC(=O)c1sc(CC(=O)/C(C#N)=C/c2cccs2)c(C(=O)OCC)c1C.